The maximum absolute atomic E-state index is 14.9. The zero-order valence-corrected chi connectivity index (χ0v) is 69.4. The number of carboxylic acid groups (broad SMARTS) is 2. The van der Waals surface area contributed by atoms with Crippen LogP contribution in [-0.2, 0) is 112 Å². The van der Waals surface area contributed by atoms with Gasteiger partial charge in [-0.2, -0.15) is 0 Å². The third-order valence-corrected chi connectivity index (χ3v) is 19.0. The number of amides is 16. The number of carboxylic acids is 2. The molecule has 4 aromatic rings. The molecule has 47 nitrogen and oxygen atoms in total. The van der Waals surface area contributed by atoms with Gasteiger partial charge in [-0.25, -0.2) is 9.97 Å². The number of aromatic amines is 2. The van der Waals surface area contributed by atoms with Crippen LogP contribution in [0.15, 0.2) is 79.6 Å². The summed E-state index contributed by atoms with van der Waals surface area (Å²) in [6.45, 7) is 7.47. The van der Waals surface area contributed by atoms with Crippen molar-refractivity contribution in [2.45, 2.75) is 216 Å². The maximum atomic E-state index is 14.9. The highest BCUT2D eigenvalue weighted by molar-refractivity contribution is 6.02. The Morgan fingerprint density at radius 2 is 0.863 bits per heavy atom. The smallest absolute Gasteiger partial charge is 0.305 e. The van der Waals surface area contributed by atoms with E-state index in [0.29, 0.717) is 17.5 Å². The number of H-pyrrole nitrogens is 2. The number of benzene rings is 2. The van der Waals surface area contributed by atoms with E-state index in [1.54, 1.807) is 58.0 Å². The molecular weight excluding hydrogens is 1630 g/mol. The second-order valence-corrected chi connectivity index (χ2v) is 29.8. The molecule has 32 N–H and O–H groups in total. The van der Waals surface area contributed by atoms with E-state index < -0.39 is 255 Å². The number of aromatic hydroxyl groups is 1. The standard InChI is InChI=1S/C77H115N25O22/c1-7-39(4)62(102-64(112)40(5)79)76(124)100-56(31-61(109)110)74(122)98-54(29-58(80)105)72(120)97-52(27-44-32-84-36-88-44)70(118)93-48(17-13-23-86-77(82)83)67(115)101-57(35-103)75(123)95-51(25-42-14-9-8-10-15-42)69(117)96-53(28-45-33-85-37-89-45)71(119)99-55(30-60(107)108)73(121)92-47(16-11-12-22-78)66(114)94-50(26-43-18-20-46(104)21-19-43)65(113)87-34-59(106)91-49(24-38(2)3)68(116)90-41(6)63(81)111/h8-10,14-15,18-21,32-33,36-41,47-57,62,103-104H,7,11-13,16-17,22-31,34-35,78-79H2,1-6H3,(H2,80,105)(H2,81,111)(H,84,88)(H,85,89)(H,87,113)(H,90,116)(H,91,106)(H,92,121)(H,93,118)(H,94,114)(H,95,123)(H,96,117)(H,97,120)(H,98,122)(H,99,119)(H,100,124)(H,101,115)(H,102,112)(H,107,108)(H,109,110)(H4,82,83,86)/t39-,40-,41-,47-,48-,49-,50-,51-,52-,53-,54-,55-,56-,57-,62-/m0/s1. The Morgan fingerprint density at radius 3 is 1.29 bits per heavy atom. The third-order valence-electron chi connectivity index (χ3n) is 19.0. The van der Waals surface area contributed by atoms with E-state index in [1.165, 1.54) is 63.2 Å². The number of phenols is 1. The van der Waals surface area contributed by atoms with Gasteiger partial charge in [-0.1, -0.05) is 76.6 Å². The van der Waals surface area contributed by atoms with E-state index in [9.17, 15) is 107 Å². The number of aliphatic hydroxyl groups is 1. The zero-order valence-electron chi connectivity index (χ0n) is 69.4. The van der Waals surface area contributed by atoms with Crippen molar-refractivity contribution in [2.75, 3.05) is 26.2 Å². The quantitative estimate of drug-likeness (QED) is 0.0111. The highest BCUT2D eigenvalue weighted by atomic mass is 16.4. The Labute approximate surface area is 712 Å². The summed E-state index contributed by atoms with van der Waals surface area (Å²) in [6.07, 6.45) is 0.188. The predicted molar refractivity (Wildman–Crippen MR) is 440 cm³/mol. The lowest BCUT2D eigenvalue weighted by Gasteiger charge is -2.28. The Kier molecular flexibility index (Phi) is 43.4. The summed E-state index contributed by atoms with van der Waals surface area (Å²) < 4.78 is 0. The minimum atomic E-state index is -2.06. The third kappa shape index (κ3) is 37.1. The van der Waals surface area contributed by atoms with E-state index in [-0.39, 0.29) is 81.1 Å². The fourth-order valence-corrected chi connectivity index (χ4v) is 12.0. The molecule has 0 aliphatic heterocycles. The van der Waals surface area contributed by atoms with E-state index in [2.05, 4.69) is 99.7 Å². The van der Waals surface area contributed by atoms with Gasteiger partial charge >= 0.3 is 11.9 Å². The van der Waals surface area contributed by atoms with Crippen LogP contribution in [0, 0.1) is 17.2 Å². The molecular formula is C77H115N25O22. The molecule has 0 spiro atoms. The monoisotopic (exact) mass is 1740 g/mol. The first-order valence-corrected chi connectivity index (χ1v) is 39.8. The summed E-state index contributed by atoms with van der Waals surface area (Å²) in [4.78, 5) is 260. The van der Waals surface area contributed by atoms with Crippen LogP contribution in [-0.4, -0.2) is 264 Å². The summed E-state index contributed by atoms with van der Waals surface area (Å²) in [5.74, 6) is -22.1. The van der Waals surface area contributed by atoms with Crippen molar-refractivity contribution in [3.63, 3.8) is 0 Å². The number of aromatic nitrogens is 4. The Morgan fingerprint density at radius 1 is 0.452 bits per heavy atom. The number of carbonyl (C=O) groups is 18. The number of nitrogens with one attached hydrogen (secondary N) is 18. The number of unbranched alkanes of at least 4 members (excludes halogenated alkanes) is 1. The molecule has 0 radical (unpaired) electrons. The van der Waals surface area contributed by atoms with Gasteiger partial charge in [0.2, 0.25) is 94.5 Å². The van der Waals surface area contributed by atoms with Crippen LogP contribution in [0.4, 0.5) is 0 Å². The molecule has 0 saturated heterocycles. The van der Waals surface area contributed by atoms with Crippen LogP contribution >= 0.6 is 0 Å². The number of rotatable bonds is 56. The average molecular weight is 1740 g/mol. The molecule has 2 aromatic carbocycles. The molecule has 0 aliphatic rings. The predicted octanol–water partition coefficient (Wildman–Crippen LogP) is -8.32. The summed E-state index contributed by atoms with van der Waals surface area (Å²) >= 11 is 0. The van der Waals surface area contributed by atoms with Crippen LogP contribution < -0.4 is 108 Å². The van der Waals surface area contributed by atoms with Crippen molar-refractivity contribution in [1.29, 1.82) is 5.41 Å². The number of nitrogens with zero attached hydrogens (tertiary/aromatic N) is 2. The highest BCUT2D eigenvalue weighted by Crippen LogP contribution is 2.16. The molecule has 0 aliphatic carbocycles. The van der Waals surface area contributed by atoms with Gasteiger partial charge in [0, 0.05) is 44.6 Å². The van der Waals surface area contributed by atoms with Crippen LogP contribution in [0.3, 0.4) is 0 Å². The number of guanidine groups is 1. The average Bonchev–Trinajstić information content (AvgIpc) is 0.987. The number of hydrogen-bond acceptors (Lipinski definition) is 25. The first-order valence-electron chi connectivity index (χ1n) is 39.8. The van der Waals surface area contributed by atoms with Crippen molar-refractivity contribution in [1.82, 2.24) is 99.7 Å². The molecule has 2 heterocycles. The second kappa shape index (κ2) is 52.5. The van der Waals surface area contributed by atoms with E-state index in [1.807, 2.05) is 0 Å². The van der Waals surface area contributed by atoms with E-state index in [0.717, 1.165) is 0 Å². The Bertz CT molecular complexity index is 4290. The molecule has 16 amide bonds. The first-order chi connectivity index (χ1) is 58.6. The van der Waals surface area contributed by atoms with E-state index in [4.69, 9.17) is 34.1 Å². The molecule has 0 unspecified atom stereocenters. The molecule has 0 saturated carbocycles. The summed E-state index contributed by atoms with van der Waals surface area (Å²) in [5, 5.41) is 84.9. The lowest BCUT2D eigenvalue weighted by Crippen LogP contribution is -2.62. The van der Waals surface area contributed by atoms with Gasteiger partial charge < -0.3 is 139 Å². The zero-order chi connectivity index (χ0) is 92.4. The van der Waals surface area contributed by atoms with Gasteiger partial charge in [-0.05, 0) is 94.0 Å². The fourth-order valence-electron chi connectivity index (χ4n) is 12.0. The number of carbonyl (C=O) groups excluding carboxylic acids is 16. The van der Waals surface area contributed by atoms with Gasteiger partial charge in [0.25, 0.3) is 0 Å². The van der Waals surface area contributed by atoms with E-state index >= 15 is 0 Å². The van der Waals surface area contributed by atoms with Gasteiger partial charge in [-0.15, -0.1) is 0 Å². The van der Waals surface area contributed by atoms with Crippen molar-refractivity contribution < 1.29 is 107 Å². The Hall–Kier alpha value is -13.7. The SMILES string of the molecule is CC[C@H](C)[C@H](NC(=O)[C@H](C)N)C(=O)N[C@@H](CC(=O)O)C(=O)N[C@@H](CC(N)=O)C(=O)N[C@@H](Cc1c[nH]cn1)C(=O)N[C@@H](CCCNC(=N)N)C(=O)N[C@@H](CO)C(=O)N[C@@H](Cc1ccccc1)C(=O)N[C@@H](Cc1c[nH]cn1)C(=O)N[C@@H](CC(=O)O)C(=O)N[C@@H](CCCCN)C(=O)N[C@@H](Cc1ccc(O)cc1)C(=O)NCC(=O)N[C@@H](CC(C)C)C(=O)N[C@@H](C)C(N)=O. The van der Waals surface area contributed by atoms with Gasteiger partial charge in [0.1, 0.15) is 84.3 Å². The molecule has 4 rings (SSSR count). The van der Waals surface area contributed by atoms with Crippen molar-refractivity contribution in [3.8, 4) is 5.75 Å². The largest absolute Gasteiger partial charge is 0.508 e. The van der Waals surface area contributed by atoms with Gasteiger partial charge in [0.15, 0.2) is 5.96 Å². The number of primary amides is 2. The van der Waals surface area contributed by atoms with Crippen LogP contribution in [0.2, 0.25) is 0 Å². The minimum Gasteiger partial charge on any atom is -0.508 e. The molecule has 0 fully saturated rings. The van der Waals surface area contributed by atoms with Crippen LogP contribution in [0.5, 0.6) is 5.75 Å². The molecule has 124 heavy (non-hydrogen) atoms. The molecule has 680 valence electrons. The van der Waals surface area contributed by atoms with Crippen LogP contribution in [0.1, 0.15) is 128 Å². The lowest BCUT2D eigenvalue weighted by atomic mass is 9.97. The Balaban J connectivity index is 1.66. The molecule has 47 heteroatoms. The van der Waals surface area contributed by atoms with Crippen molar-refractivity contribution in [2.24, 2.45) is 40.5 Å². The molecule has 2 aromatic heterocycles. The number of aliphatic carboxylic acids is 2. The van der Waals surface area contributed by atoms with Gasteiger partial charge in [0.05, 0.1) is 62.5 Å². The van der Waals surface area contributed by atoms with Crippen molar-refractivity contribution >= 4 is 112 Å². The minimum absolute atomic E-state index is 0.0882. The number of hydrogen-bond donors (Lipinski definition) is 27. The van der Waals surface area contributed by atoms with Crippen molar-refractivity contribution in [3.05, 3.63) is 102 Å². The number of phenolic OH excluding ortho intramolecular Hbond substituents is 1. The normalized spacial score (nSPS) is 14.7. The summed E-state index contributed by atoms with van der Waals surface area (Å²) in [5.41, 5.74) is 28.8. The molecule has 0 bridgehead atoms. The maximum Gasteiger partial charge on any atom is 0.305 e. The lowest BCUT2D eigenvalue weighted by molar-refractivity contribution is -0.142. The number of imidazole rings is 2. The number of aliphatic hydroxyl groups excluding tert-OH is 1. The summed E-state index contributed by atoms with van der Waals surface area (Å²) in [6, 6.07) is -9.80. The highest BCUT2D eigenvalue weighted by Gasteiger charge is 2.40. The second-order valence-electron chi connectivity index (χ2n) is 29.8. The fraction of sp³-hybridized carbons (Fsp3) is 0.519. The topological polar surface area (TPSA) is 780 Å². The number of nitrogens with two attached hydrogens (primary N) is 5. The first kappa shape index (κ1) is 103. The van der Waals surface area contributed by atoms with Gasteiger partial charge in [-0.3, -0.25) is 91.7 Å². The molecule has 15 atom stereocenters. The van der Waals surface area contributed by atoms with Crippen LogP contribution in [0.25, 0.3) is 0 Å². The summed E-state index contributed by atoms with van der Waals surface area (Å²) in [7, 11) is 0.